The van der Waals surface area contributed by atoms with E-state index in [0.29, 0.717) is 27.9 Å². The number of pyridine rings is 1. The number of carbonyl (C=O) groups excluding carboxylic acids is 2. The molecule has 0 saturated heterocycles. The number of ether oxygens (including phenoxy) is 1. The second-order valence-electron chi connectivity index (χ2n) is 6.52. The average molecular weight is 427 g/mol. The van der Waals surface area contributed by atoms with Crippen LogP contribution in [0.1, 0.15) is 23.0 Å². The van der Waals surface area contributed by atoms with Crippen LogP contribution in [0.2, 0.25) is 0 Å². The molecule has 0 aliphatic carbocycles. The molecule has 10 heteroatoms. The number of rotatable bonds is 8. The lowest BCUT2D eigenvalue weighted by Gasteiger charge is -2.15. The molecular formula is C20H21N5O4S. The number of anilines is 1. The molecule has 1 N–H and O–H groups in total. The van der Waals surface area contributed by atoms with E-state index in [4.69, 9.17) is 4.74 Å². The summed E-state index contributed by atoms with van der Waals surface area (Å²) in [5.74, 6) is 0.257. The lowest BCUT2D eigenvalue weighted by molar-refractivity contribution is -0.116. The van der Waals surface area contributed by atoms with Gasteiger partial charge in [-0.2, -0.15) is 0 Å². The number of carbonyl (C=O) groups is 2. The van der Waals surface area contributed by atoms with E-state index in [1.807, 2.05) is 7.05 Å². The molecule has 1 amide bonds. The SMILES string of the molecule is COc1cn(CC(=O)Nc2ccc(C(C)=O)cc2)c(CSc2nncn2C)cc1=O. The normalized spacial score (nSPS) is 10.6. The predicted molar refractivity (Wildman–Crippen MR) is 113 cm³/mol. The number of aryl methyl sites for hydroxylation is 1. The van der Waals surface area contributed by atoms with Crippen molar-refractivity contribution in [3.8, 4) is 5.75 Å². The van der Waals surface area contributed by atoms with Gasteiger partial charge < -0.3 is 19.2 Å². The first-order chi connectivity index (χ1) is 14.4. The quantitative estimate of drug-likeness (QED) is 0.433. The molecule has 30 heavy (non-hydrogen) atoms. The third kappa shape index (κ3) is 5.15. The summed E-state index contributed by atoms with van der Waals surface area (Å²) in [5.41, 5.74) is 1.53. The van der Waals surface area contributed by atoms with E-state index in [2.05, 4.69) is 15.5 Å². The second kappa shape index (κ2) is 9.40. The molecule has 0 saturated carbocycles. The van der Waals surface area contributed by atoms with Gasteiger partial charge >= 0.3 is 0 Å². The molecule has 0 aliphatic heterocycles. The van der Waals surface area contributed by atoms with E-state index >= 15 is 0 Å². The highest BCUT2D eigenvalue weighted by Crippen LogP contribution is 2.20. The monoisotopic (exact) mass is 427 g/mol. The number of thioether (sulfide) groups is 1. The molecule has 0 radical (unpaired) electrons. The molecule has 0 atom stereocenters. The van der Waals surface area contributed by atoms with Crippen LogP contribution in [0.4, 0.5) is 5.69 Å². The maximum Gasteiger partial charge on any atom is 0.244 e. The highest BCUT2D eigenvalue weighted by molar-refractivity contribution is 7.98. The van der Waals surface area contributed by atoms with Gasteiger partial charge in [0.25, 0.3) is 0 Å². The van der Waals surface area contributed by atoms with Crippen LogP contribution in [0, 0.1) is 0 Å². The Kier molecular flexibility index (Phi) is 6.68. The van der Waals surface area contributed by atoms with Crippen molar-refractivity contribution in [2.24, 2.45) is 7.05 Å². The minimum absolute atomic E-state index is 0.0141. The van der Waals surface area contributed by atoms with E-state index in [-0.39, 0.29) is 29.4 Å². The van der Waals surface area contributed by atoms with Crippen molar-refractivity contribution >= 4 is 29.1 Å². The van der Waals surface area contributed by atoms with Crippen LogP contribution in [-0.2, 0) is 24.1 Å². The maximum atomic E-state index is 12.6. The predicted octanol–water partition coefficient (Wildman–Crippen LogP) is 2.12. The molecule has 0 unspecified atom stereocenters. The van der Waals surface area contributed by atoms with Crippen LogP contribution in [0.3, 0.4) is 0 Å². The van der Waals surface area contributed by atoms with E-state index in [0.717, 1.165) is 0 Å². The fourth-order valence-corrected chi connectivity index (χ4v) is 3.59. The molecular weight excluding hydrogens is 406 g/mol. The van der Waals surface area contributed by atoms with Crippen LogP contribution < -0.4 is 15.5 Å². The largest absolute Gasteiger partial charge is 0.491 e. The molecule has 2 heterocycles. The third-order valence-electron chi connectivity index (χ3n) is 4.31. The van der Waals surface area contributed by atoms with Crippen LogP contribution >= 0.6 is 11.8 Å². The van der Waals surface area contributed by atoms with Crippen molar-refractivity contribution in [1.29, 1.82) is 0 Å². The summed E-state index contributed by atoms with van der Waals surface area (Å²) in [7, 11) is 3.24. The number of Topliss-reactive ketones (excluding diaryl/α,β-unsaturated/α-hetero) is 1. The molecule has 3 rings (SSSR count). The molecule has 3 aromatic rings. The van der Waals surface area contributed by atoms with Gasteiger partial charge in [-0.15, -0.1) is 10.2 Å². The Balaban J connectivity index is 1.77. The molecule has 9 nitrogen and oxygen atoms in total. The minimum atomic E-state index is -0.277. The van der Waals surface area contributed by atoms with Crippen LogP contribution in [0.25, 0.3) is 0 Å². The van der Waals surface area contributed by atoms with E-state index in [1.165, 1.54) is 38.1 Å². The average Bonchev–Trinajstić information content (AvgIpc) is 3.13. The zero-order chi connectivity index (χ0) is 21.7. The number of nitrogens with zero attached hydrogens (tertiary/aromatic N) is 4. The van der Waals surface area contributed by atoms with Crippen molar-refractivity contribution in [3.63, 3.8) is 0 Å². The molecule has 1 aromatic carbocycles. The Morgan fingerprint density at radius 1 is 1.23 bits per heavy atom. The summed E-state index contributed by atoms with van der Waals surface area (Å²) in [6, 6.07) is 8.11. The van der Waals surface area contributed by atoms with E-state index < -0.39 is 0 Å². The van der Waals surface area contributed by atoms with Gasteiger partial charge in [-0.05, 0) is 31.2 Å². The summed E-state index contributed by atoms with van der Waals surface area (Å²) in [4.78, 5) is 36.2. The second-order valence-corrected chi connectivity index (χ2v) is 7.46. The Hall–Kier alpha value is -3.40. The summed E-state index contributed by atoms with van der Waals surface area (Å²) in [6.07, 6.45) is 3.11. The molecule has 0 spiro atoms. The van der Waals surface area contributed by atoms with Gasteiger partial charge in [-0.1, -0.05) is 11.8 Å². The molecule has 0 aliphatic rings. The first-order valence-electron chi connectivity index (χ1n) is 9.02. The number of benzene rings is 1. The number of methoxy groups -OCH3 is 1. The lowest BCUT2D eigenvalue weighted by atomic mass is 10.1. The van der Waals surface area contributed by atoms with Gasteiger partial charge in [0.15, 0.2) is 16.7 Å². The Morgan fingerprint density at radius 3 is 2.57 bits per heavy atom. The number of aromatic nitrogens is 4. The first kappa shape index (κ1) is 21.3. The van der Waals surface area contributed by atoms with Gasteiger partial charge in [-0.25, -0.2) is 0 Å². The minimum Gasteiger partial charge on any atom is -0.491 e. The number of amides is 1. The smallest absolute Gasteiger partial charge is 0.244 e. The topological polar surface area (TPSA) is 108 Å². The Morgan fingerprint density at radius 2 is 1.97 bits per heavy atom. The molecule has 2 aromatic heterocycles. The van der Waals surface area contributed by atoms with Crippen molar-refractivity contribution < 1.29 is 14.3 Å². The first-order valence-corrected chi connectivity index (χ1v) is 10.0. The zero-order valence-corrected chi connectivity index (χ0v) is 17.6. The van der Waals surface area contributed by atoms with Gasteiger partial charge in [0.05, 0.1) is 13.3 Å². The fourth-order valence-electron chi connectivity index (χ4n) is 2.70. The van der Waals surface area contributed by atoms with Crippen molar-refractivity contribution in [3.05, 3.63) is 64.3 Å². The summed E-state index contributed by atoms with van der Waals surface area (Å²) >= 11 is 1.40. The number of ketones is 1. The number of hydrogen-bond donors (Lipinski definition) is 1. The van der Waals surface area contributed by atoms with Gasteiger partial charge in [0.1, 0.15) is 12.9 Å². The van der Waals surface area contributed by atoms with Crippen LogP contribution in [0.5, 0.6) is 5.75 Å². The van der Waals surface area contributed by atoms with E-state index in [1.54, 1.807) is 39.7 Å². The van der Waals surface area contributed by atoms with Crippen molar-refractivity contribution in [1.82, 2.24) is 19.3 Å². The van der Waals surface area contributed by atoms with E-state index in [9.17, 15) is 14.4 Å². The standard InChI is InChI=1S/C20H21N5O4S/c1-13(26)14-4-6-15(7-5-14)22-19(28)10-25-9-18(29-3)17(27)8-16(25)11-30-20-23-21-12-24(20)2/h4-9,12H,10-11H2,1-3H3,(H,22,28). The highest BCUT2D eigenvalue weighted by Gasteiger charge is 2.13. The van der Waals surface area contributed by atoms with Gasteiger partial charge in [0.2, 0.25) is 11.3 Å². The number of nitrogens with one attached hydrogen (secondary N) is 1. The van der Waals surface area contributed by atoms with Crippen molar-refractivity contribution in [2.45, 2.75) is 24.4 Å². The van der Waals surface area contributed by atoms with Crippen molar-refractivity contribution in [2.75, 3.05) is 12.4 Å². The van der Waals surface area contributed by atoms with Crippen LogP contribution in [-0.4, -0.2) is 38.1 Å². The Bertz CT molecular complexity index is 1120. The summed E-state index contributed by atoms with van der Waals surface area (Å²) < 4.78 is 8.56. The highest BCUT2D eigenvalue weighted by atomic mass is 32.2. The summed E-state index contributed by atoms with van der Waals surface area (Å²) in [5, 5.41) is 11.3. The fraction of sp³-hybridized carbons (Fsp3) is 0.250. The summed E-state index contributed by atoms with van der Waals surface area (Å²) in [6.45, 7) is 1.47. The lowest BCUT2D eigenvalue weighted by Crippen LogP contribution is -2.22. The number of hydrogen-bond acceptors (Lipinski definition) is 7. The zero-order valence-electron chi connectivity index (χ0n) is 16.8. The van der Waals surface area contributed by atoms with Gasteiger partial charge in [0, 0.05) is 35.8 Å². The van der Waals surface area contributed by atoms with Gasteiger partial charge in [-0.3, -0.25) is 14.4 Å². The third-order valence-corrected chi connectivity index (χ3v) is 5.38. The molecule has 0 bridgehead atoms. The Labute approximate surface area is 177 Å². The molecule has 0 fully saturated rings. The molecule has 156 valence electrons. The maximum absolute atomic E-state index is 12.6. The van der Waals surface area contributed by atoms with Crippen LogP contribution in [0.15, 0.2) is 52.8 Å².